The predicted octanol–water partition coefficient (Wildman–Crippen LogP) is 0.666. The minimum Gasteiger partial charge on any atom is -0.382 e. The summed E-state index contributed by atoms with van der Waals surface area (Å²) in [6.07, 6.45) is 0. The second-order valence-electron chi connectivity index (χ2n) is 1.27. The van der Waals surface area contributed by atoms with Gasteiger partial charge in [-0.05, 0) is 12.5 Å². The molecule has 2 heteroatoms. The van der Waals surface area contributed by atoms with E-state index < -0.39 is 5.78 Å². The van der Waals surface area contributed by atoms with E-state index in [4.69, 9.17) is 5.11 Å². The van der Waals surface area contributed by atoms with Gasteiger partial charge in [0, 0.05) is 0 Å². The molecule has 39 valence electrons. The highest BCUT2D eigenvalue weighted by atomic mass is 16.3. The summed E-state index contributed by atoms with van der Waals surface area (Å²) >= 11 is 0. The standard InChI is InChI=1S/C5H7O2/c1-4(2)5(7)3-6/h3,6H,1H2,2H3. The Morgan fingerprint density at radius 1 is 1.86 bits per heavy atom. The van der Waals surface area contributed by atoms with Crippen molar-refractivity contribution in [1.29, 1.82) is 0 Å². The second kappa shape index (κ2) is 2.53. The first-order valence-electron chi connectivity index (χ1n) is 1.85. The third kappa shape index (κ3) is 2.11. The molecule has 0 saturated heterocycles. The summed E-state index contributed by atoms with van der Waals surface area (Å²) < 4.78 is 0. The van der Waals surface area contributed by atoms with Crippen LogP contribution in [0.15, 0.2) is 12.2 Å². The van der Waals surface area contributed by atoms with E-state index in [0.717, 1.165) is 0 Å². The average Bonchev–Trinajstić information content (AvgIpc) is 1.65. The van der Waals surface area contributed by atoms with Crippen LogP contribution in [0.3, 0.4) is 0 Å². The number of carbonyl (C=O) groups excluding carboxylic acids is 1. The van der Waals surface area contributed by atoms with Crippen LogP contribution < -0.4 is 0 Å². The van der Waals surface area contributed by atoms with Crippen molar-refractivity contribution in [2.75, 3.05) is 0 Å². The Morgan fingerprint density at radius 3 is 2.29 bits per heavy atom. The van der Waals surface area contributed by atoms with Crippen molar-refractivity contribution in [3.8, 4) is 0 Å². The number of carbonyl (C=O) groups is 1. The molecule has 0 bridgehead atoms. The molecule has 0 rings (SSSR count). The average molecular weight is 99.1 g/mol. The monoisotopic (exact) mass is 99.0 g/mol. The molecule has 0 aromatic heterocycles. The SMILES string of the molecule is C=C(C)C(=O)[CH]O. The Balaban J connectivity index is 3.58. The van der Waals surface area contributed by atoms with Gasteiger partial charge in [0.15, 0.2) is 5.78 Å². The van der Waals surface area contributed by atoms with Crippen LogP contribution in [0.25, 0.3) is 0 Å². The zero-order valence-corrected chi connectivity index (χ0v) is 4.14. The van der Waals surface area contributed by atoms with Crippen molar-refractivity contribution in [3.63, 3.8) is 0 Å². The molecule has 0 spiro atoms. The van der Waals surface area contributed by atoms with Crippen molar-refractivity contribution in [1.82, 2.24) is 0 Å². The lowest BCUT2D eigenvalue weighted by molar-refractivity contribution is -0.115. The molecule has 0 aromatic rings. The Morgan fingerprint density at radius 2 is 2.29 bits per heavy atom. The summed E-state index contributed by atoms with van der Waals surface area (Å²) in [7, 11) is 0. The van der Waals surface area contributed by atoms with E-state index in [0.29, 0.717) is 12.2 Å². The minimum atomic E-state index is -0.417. The maximum Gasteiger partial charge on any atom is 0.189 e. The molecular weight excluding hydrogens is 92.1 g/mol. The third-order valence-electron chi connectivity index (χ3n) is 0.538. The molecule has 7 heavy (non-hydrogen) atoms. The Bertz CT molecular complexity index is 94.3. The normalized spacial score (nSPS) is 8.29. The minimum absolute atomic E-state index is 0.350. The number of Topliss-reactive ketones (excluding diaryl/α,β-unsaturated/α-hetero) is 1. The van der Waals surface area contributed by atoms with E-state index in [1.807, 2.05) is 0 Å². The summed E-state index contributed by atoms with van der Waals surface area (Å²) in [6, 6.07) is 0. The highest BCUT2D eigenvalue weighted by Crippen LogP contribution is 1.88. The molecule has 0 aliphatic heterocycles. The maximum atomic E-state index is 10.1. The van der Waals surface area contributed by atoms with Crippen molar-refractivity contribution in [2.45, 2.75) is 6.92 Å². The highest BCUT2D eigenvalue weighted by Gasteiger charge is 1.96. The van der Waals surface area contributed by atoms with Gasteiger partial charge in [-0.1, -0.05) is 6.58 Å². The van der Waals surface area contributed by atoms with Crippen LogP contribution in [-0.4, -0.2) is 10.9 Å². The van der Waals surface area contributed by atoms with Crippen molar-refractivity contribution >= 4 is 5.78 Å². The van der Waals surface area contributed by atoms with E-state index >= 15 is 0 Å². The number of hydrogen-bond acceptors (Lipinski definition) is 2. The first kappa shape index (κ1) is 6.37. The summed E-state index contributed by atoms with van der Waals surface area (Å²) in [6.45, 7) is 5.32. The van der Waals surface area contributed by atoms with Gasteiger partial charge >= 0.3 is 0 Å². The van der Waals surface area contributed by atoms with Crippen molar-refractivity contribution < 1.29 is 9.90 Å². The van der Waals surface area contributed by atoms with E-state index in [-0.39, 0.29) is 0 Å². The number of aliphatic hydroxyl groups excluding tert-OH is 1. The van der Waals surface area contributed by atoms with Gasteiger partial charge in [-0.3, -0.25) is 4.79 Å². The molecular formula is C5H7O2. The molecule has 0 heterocycles. The van der Waals surface area contributed by atoms with Crippen molar-refractivity contribution in [3.05, 3.63) is 18.8 Å². The van der Waals surface area contributed by atoms with Gasteiger partial charge in [-0.2, -0.15) is 0 Å². The molecule has 0 fully saturated rings. The fourth-order valence-corrected chi connectivity index (χ4v) is 0.110. The van der Waals surface area contributed by atoms with Crippen molar-refractivity contribution in [2.24, 2.45) is 0 Å². The van der Waals surface area contributed by atoms with Gasteiger partial charge < -0.3 is 5.11 Å². The molecule has 0 saturated carbocycles. The van der Waals surface area contributed by atoms with Crippen LogP contribution in [0.2, 0.25) is 0 Å². The summed E-state index contributed by atoms with van der Waals surface area (Å²) in [5.74, 6) is -0.417. The zero-order valence-electron chi connectivity index (χ0n) is 4.14. The number of aliphatic hydroxyl groups is 1. The van der Waals surface area contributed by atoms with Gasteiger partial charge in [0.1, 0.15) is 6.61 Å². The summed E-state index contributed by atoms with van der Waals surface area (Å²) in [5, 5.41) is 7.97. The molecule has 1 radical (unpaired) electrons. The Labute approximate surface area is 42.5 Å². The lowest BCUT2D eigenvalue weighted by Crippen LogP contribution is -1.96. The maximum absolute atomic E-state index is 10.1. The van der Waals surface area contributed by atoms with Crippen LogP contribution in [-0.2, 0) is 4.79 Å². The lowest BCUT2D eigenvalue weighted by atomic mass is 10.2. The van der Waals surface area contributed by atoms with Gasteiger partial charge in [-0.25, -0.2) is 0 Å². The number of hydrogen-bond donors (Lipinski definition) is 1. The fourth-order valence-electron chi connectivity index (χ4n) is 0.110. The lowest BCUT2D eigenvalue weighted by Gasteiger charge is -1.86. The Hall–Kier alpha value is -0.630. The van der Waals surface area contributed by atoms with Gasteiger partial charge in [0.25, 0.3) is 0 Å². The van der Waals surface area contributed by atoms with Gasteiger partial charge in [0.05, 0.1) is 0 Å². The molecule has 2 nitrogen and oxygen atoms in total. The van der Waals surface area contributed by atoms with E-state index in [1.165, 1.54) is 6.92 Å². The van der Waals surface area contributed by atoms with E-state index in [2.05, 4.69) is 6.58 Å². The largest absolute Gasteiger partial charge is 0.382 e. The topological polar surface area (TPSA) is 37.3 Å². The van der Waals surface area contributed by atoms with Gasteiger partial charge in [0.2, 0.25) is 0 Å². The van der Waals surface area contributed by atoms with Crippen LogP contribution in [0.4, 0.5) is 0 Å². The van der Waals surface area contributed by atoms with Gasteiger partial charge in [-0.15, -0.1) is 0 Å². The Kier molecular flexibility index (Phi) is 2.30. The molecule has 0 amide bonds. The fraction of sp³-hybridized carbons (Fsp3) is 0.200. The molecule has 0 aliphatic rings. The second-order valence-corrected chi connectivity index (χ2v) is 1.27. The molecule has 0 aliphatic carbocycles. The van der Waals surface area contributed by atoms with Crippen LogP contribution >= 0.6 is 0 Å². The first-order valence-corrected chi connectivity index (χ1v) is 1.85. The molecule has 0 aromatic carbocycles. The zero-order chi connectivity index (χ0) is 5.86. The molecule has 0 unspecified atom stereocenters. The van der Waals surface area contributed by atoms with E-state index in [1.54, 1.807) is 0 Å². The molecule has 1 N–H and O–H groups in total. The predicted molar refractivity (Wildman–Crippen MR) is 26.1 cm³/mol. The first-order chi connectivity index (χ1) is 3.18. The smallest absolute Gasteiger partial charge is 0.189 e. The quantitative estimate of drug-likeness (QED) is 0.516. The summed E-state index contributed by atoms with van der Waals surface area (Å²) in [4.78, 5) is 10.1. The summed E-state index contributed by atoms with van der Waals surface area (Å²) in [5.41, 5.74) is 0.350. The van der Waals surface area contributed by atoms with Crippen LogP contribution in [0.1, 0.15) is 6.92 Å². The third-order valence-corrected chi connectivity index (χ3v) is 0.538. The van der Waals surface area contributed by atoms with E-state index in [9.17, 15) is 4.79 Å². The van der Waals surface area contributed by atoms with Crippen LogP contribution in [0.5, 0.6) is 0 Å². The molecule has 0 atom stereocenters. The number of ketones is 1. The highest BCUT2D eigenvalue weighted by molar-refractivity contribution is 5.99. The number of rotatable bonds is 2. The van der Waals surface area contributed by atoms with Crippen LogP contribution in [0, 0.1) is 6.61 Å².